The highest BCUT2D eigenvalue weighted by atomic mass is 16.3. The number of aliphatic hydroxyl groups excluding tert-OH is 1. The van der Waals surface area contributed by atoms with Gasteiger partial charge >= 0.3 is 0 Å². The summed E-state index contributed by atoms with van der Waals surface area (Å²) in [6, 6.07) is 0. The van der Waals surface area contributed by atoms with Gasteiger partial charge < -0.3 is 15.7 Å². The van der Waals surface area contributed by atoms with E-state index in [1.807, 2.05) is 4.90 Å². The van der Waals surface area contributed by atoms with Gasteiger partial charge in [-0.25, -0.2) is 0 Å². The van der Waals surface area contributed by atoms with E-state index in [9.17, 15) is 9.90 Å². The van der Waals surface area contributed by atoms with E-state index < -0.39 is 0 Å². The van der Waals surface area contributed by atoms with Crippen LogP contribution in [0.4, 0.5) is 0 Å². The van der Waals surface area contributed by atoms with Crippen molar-refractivity contribution in [3.63, 3.8) is 0 Å². The highest BCUT2D eigenvalue weighted by Gasteiger charge is 2.16. The molecule has 0 spiro atoms. The number of hydrogen-bond donors (Lipinski definition) is 3. The molecule has 1 amide bonds. The number of hydrogen-bond acceptors (Lipinski definition) is 4. The molecule has 1 unspecified atom stereocenters. The molecule has 0 radical (unpaired) electrons. The molecule has 0 aromatic heterocycles. The second-order valence-corrected chi connectivity index (χ2v) is 3.27. The van der Waals surface area contributed by atoms with E-state index >= 15 is 0 Å². The van der Waals surface area contributed by atoms with Crippen LogP contribution < -0.4 is 10.6 Å². The normalized spacial score (nSPS) is 25.2. The maximum Gasteiger partial charge on any atom is 0.233 e. The van der Waals surface area contributed by atoms with Crippen molar-refractivity contribution >= 4 is 5.91 Å². The van der Waals surface area contributed by atoms with Gasteiger partial charge in [0.2, 0.25) is 5.91 Å². The minimum absolute atomic E-state index is 0.00546. The lowest BCUT2D eigenvalue weighted by molar-refractivity contribution is -0.121. The first-order valence-electron chi connectivity index (χ1n) is 4.54. The first-order chi connectivity index (χ1) is 6.22. The van der Waals surface area contributed by atoms with Crippen molar-refractivity contribution < 1.29 is 9.90 Å². The zero-order valence-corrected chi connectivity index (χ0v) is 7.92. The SMILES string of the molecule is CNC(=O)CN1CCNCC(O)C1. The third kappa shape index (κ3) is 3.71. The Kier molecular flexibility index (Phi) is 4.14. The minimum Gasteiger partial charge on any atom is -0.390 e. The number of carbonyl (C=O) groups is 1. The van der Waals surface area contributed by atoms with Crippen molar-refractivity contribution in [3.05, 3.63) is 0 Å². The number of nitrogens with one attached hydrogen (secondary N) is 2. The van der Waals surface area contributed by atoms with Gasteiger partial charge in [-0.1, -0.05) is 0 Å². The van der Waals surface area contributed by atoms with Gasteiger partial charge in [-0.05, 0) is 0 Å². The average molecular weight is 187 g/mol. The topological polar surface area (TPSA) is 64.6 Å². The van der Waals surface area contributed by atoms with E-state index in [2.05, 4.69) is 10.6 Å². The first kappa shape index (κ1) is 10.4. The lowest BCUT2D eigenvalue weighted by Gasteiger charge is -2.19. The van der Waals surface area contributed by atoms with Crippen LogP contribution in [0.3, 0.4) is 0 Å². The molecule has 0 aliphatic carbocycles. The number of β-amino-alcohol motifs (C(OH)–C–C–N with tert-alkyl or cyclic N) is 1. The molecule has 1 aliphatic rings. The molecule has 0 aromatic rings. The van der Waals surface area contributed by atoms with Crippen LogP contribution in [0.1, 0.15) is 0 Å². The van der Waals surface area contributed by atoms with E-state index in [0.717, 1.165) is 13.1 Å². The maximum atomic E-state index is 11.0. The minimum atomic E-state index is -0.368. The molecule has 13 heavy (non-hydrogen) atoms. The molecular weight excluding hydrogens is 170 g/mol. The predicted molar refractivity (Wildman–Crippen MR) is 49.4 cm³/mol. The van der Waals surface area contributed by atoms with Crippen molar-refractivity contribution in [2.24, 2.45) is 0 Å². The molecule has 1 aliphatic heterocycles. The van der Waals surface area contributed by atoms with Gasteiger partial charge in [0.15, 0.2) is 0 Å². The smallest absolute Gasteiger partial charge is 0.233 e. The van der Waals surface area contributed by atoms with Crippen LogP contribution in [0.15, 0.2) is 0 Å². The van der Waals surface area contributed by atoms with Crippen LogP contribution in [0.5, 0.6) is 0 Å². The third-order valence-corrected chi connectivity index (χ3v) is 2.10. The highest BCUT2D eigenvalue weighted by molar-refractivity contribution is 5.77. The van der Waals surface area contributed by atoms with Gasteiger partial charge in [0.1, 0.15) is 0 Å². The summed E-state index contributed by atoms with van der Waals surface area (Å²) in [6.45, 7) is 3.19. The van der Waals surface area contributed by atoms with E-state index in [4.69, 9.17) is 0 Å². The zero-order valence-electron chi connectivity index (χ0n) is 7.92. The standard InChI is InChI=1S/C8H17N3O2/c1-9-8(13)6-11-3-2-10-4-7(12)5-11/h7,10,12H,2-6H2,1H3,(H,9,13). The highest BCUT2D eigenvalue weighted by Crippen LogP contribution is 1.95. The Labute approximate surface area is 78.1 Å². The summed E-state index contributed by atoms with van der Waals surface area (Å²) in [7, 11) is 1.62. The molecule has 5 nitrogen and oxygen atoms in total. The quantitative estimate of drug-likeness (QED) is 0.468. The molecular formula is C8H17N3O2. The fraction of sp³-hybridized carbons (Fsp3) is 0.875. The number of carbonyl (C=O) groups excluding carboxylic acids is 1. The van der Waals surface area contributed by atoms with Crippen molar-refractivity contribution in [3.8, 4) is 0 Å². The van der Waals surface area contributed by atoms with Gasteiger partial charge in [-0.3, -0.25) is 9.69 Å². The first-order valence-corrected chi connectivity index (χ1v) is 4.54. The van der Waals surface area contributed by atoms with Gasteiger partial charge in [0, 0.05) is 33.2 Å². The molecule has 0 aromatic carbocycles. The number of likely N-dealkylation sites (N-methyl/N-ethyl adjacent to an activating group) is 1. The van der Waals surface area contributed by atoms with Gasteiger partial charge in [0.25, 0.3) is 0 Å². The van der Waals surface area contributed by atoms with Crippen LogP contribution in [-0.4, -0.2) is 61.8 Å². The summed E-state index contributed by atoms with van der Waals surface area (Å²) < 4.78 is 0. The van der Waals surface area contributed by atoms with E-state index in [-0.39, 0.29) is 12.0 Å². The summed E-state index contributed by atoms with van der Waals surface area (Å²) in [5.41, 5.74) is 0. The van der Waals surface area contributed by atoms with Crippen LogP contribution in [0, 0.1) is 0 Å². The number of rotatable bonds is 2. The molecule has 5 heteroatoms. The summed E-state index contributed by atoms with van der Waals surface area (Å²) >= 11 is 0. The fourth-order valence-electron chi connectivity index (χ4n) is 1.39. The van der Waals surface area contributed by atoms with Crippen molar-refractivity contribution in [2.75, 3.05) is 39.8 Å². The Balaban J connectivity index is 2.34. The van der Waals surface area contributed by atoms with E-state index in [1.54, 1.807) is 7.05 Å². The summed E-state index contributed by atoms with van der Waals surface area (Å²) in [4.78, 5) is 13.0. The number of aliphatic hydroxyl groups is 1. The predicted octanol–water partition coefficient (Wildman–Crippen LogP) is -2.00. The zero-order chi connectivity index (χ0) is 9.68. The molecule has 0 saturated carbocycles. The lowest BCUT2D eigenvalue weighted by atomic mass is 10.3. The summed E-state index contributed by atoms with van der Waals surface area (Å²) in [5, 5.41) is 15.1. The van der Waals surface area contributed by atoms with Crippen LogP contribution in [0.25, 0.3) is 0 Å². The Morgan fingerprint density at radius 1 is 1.77 bits per heavy atom. The van der Waals surface area contributed by atoms with Crippen LogP contribution >= 0.6 is 0 Å². The molecule has 3 N–H and O–H groups in total. The monoisotopic (exact) mass is 187 g/mol. The molecule has 1 atom stereocenters. The van der Waals surface area contributed by atoms with Gasteiger partial charge in [0.05, 0.1) is 12.6 Å². The average Bonchev–Trinajstić information content (AvgIpc) is 2.30. The summed E-state index contributed by atoms with van der Waals surface area (Å²) in [6.07, 6.45) is -0.368. The van der Waals surface area contributed by atoms with Crippen molar-refractivity contribution in [1.82, 2.24) is 15.5 Å². The number of nitrogens with zero attached hydrogens (tertiary/aromatic N) is 1. The maximum absolute atomic E-state index is 11.0. The molecule has 1 rings (SSSR count). The third-order valence-electron chi connectivity index (χ3n) is 2.10. The fourth-order valence-corrected chi connectivity index (χ4v) is 1.39. The second-order valence-electron chi connectivity index (χ2n) is 3.27. The molecule has 1 fully saturated rings. The number of amides is 1. The Morgan fingerprint density at radius 2 is 2.54 bits per heavy atom. The lowest BCUT2D eigenvalue weighted by Crippen LogP contribution is -2.40. The van der Waals surface area contributed by atoms with Crippen molar-refractivity contribution in [2.45, 2.75) is 6.10 Å². The van der Waals surface area contributed by atoms with Crippen LogP contribution in [0.2, 0.25) is 0 Å². The largest absolute Gasteiger partial charge is 0.390 e. The van der Waals surface area contributed by atoms with E-state index in [0.29, 0.717) is 19.6 Å². The molecule has 1 heterocycles. The van der Waals surface area contributed by atoms with Crippen molar-refractivity contribution in [1.29, 1.82) is 0 Å². The molecule has 0 bridgehead atoms. The van der Waals surface area contributed by atoms with Gasteiger partial charge in [-0.15, -0.1) is 0 Å². The second kappa shape index (κ2) is 5.16. The van der Waals surface area contributed by atoms with Crippen LogP contribution in [-0.2, 0) is 4.79 Å². The Morgan fingerprint density at radius 3 is 3.23 bits per heavy atom. The molecule has 76 valence electrons. The Bertz CT molecular complexity index is 175. The Hall–Kier alpha value is -0.650. The molecule has 1 saturated heterocycles. The van der Waals surface area contributed by atoms with E-state index in [1.165, 1.54) is 0 Å². The van der Waals surface area contributed by atoms with Gasteiger partial charge in [-0.2, -0.15) is 0 Å². The summed E-state index contributed by atoms with van der Waals surface area (Å²) in [5.74, 6) is -0.00546.